The van der Waals surface area contributed by atoms with Gasteiger partial charge in [-0.1, -0.05) is 0 Å². The molecule has 4 nitrogen and oxygen atoms in total. The van der Waals surface area contributed by atoms with Crippen LogP contribution in [0.15, 0.2) is 0 Å². The van der Waals surface area contributed by atoms with Gasteiger partial charge in [0.15, 0.2) is 5.54 Å². The fourth-order valence-electron chi connectivity index (χ4n) is 1.52. The maximum atomic E-state index is 11.4. The number of nitrogens with one attached hydrogen (secondary N) is 2. The molecule has 1 fully saturated rings. The van der Waals surface area contributed by atoms with Crippen LogP contribution >= 0.6 is 0 Å². The minimum absolute atomic E-state index is 0.204. The number of carbonyl (C=O) groups is 1. The maximum Gasteiger partial charge on any atom is 0.255 e. The molecule has 1 rings (SSSR count). The van der Waals surface area contributed by atoms with Crippen molar-refractivity contribution in [1.82, 2.24) is 10.6 Å². The van der Waals surface area contributed by atoms with E-state index in [-0.39, 0.29) is 11.4 Å². The molecule has 1 aliphatic rings. The van der Waals surface area contributed by atoms with E-state index in [2.05, 4.69) is 16.7 Å². The average molecular weight is 181 g/mol. The summed E-state index contributed by atoms with van der Waals surface area (Å²) in [5.74, 6) is -0.204. The van der Waals surface area contributed by atoms with Gasteiger partial charge in [0.2, 0.25) is 0 Å². The van der Waals surface area contributed by atoms with Crippen molar-refractivity contribution in [3.63, 3.8) is 0 Å². The second-order valence-corrected chi connectivity index (χ2v) is 4.40. The van der Waals surface area contributed by atoms with E-state index < -0.39 is 5.54 Å². The van der Waals surface area contributed by atoms with Gasteiger partial charge in [0, 0.05) is 18.5 Å². The first-order valence-corrected chi connectivity index (χ1v) is 4.38. The largest absolute Gasteiger partial charge is 0.353 e. The molecule has 1 amide bonds. The van der Waals surface area contributed by atoms with E-state index in [1.807, 2.05) is 20.8 Å². The van der Waals surface area contributed by atoms with Crippen LogP contribution in [0.2, 0.25) is 0 Å². The van der Waals surface area contributed by atoms with E-state index in [1.54, 1.807) is 0 Å². The quantitative estimate of drug-likeness (QED) is 0.605. The Bertz CT molecular complexity index is 261. The molecule has 0 radical (unpaired) electrons. The van der Waals surface area contributed by atoms with Crippen LogP contribution in [0.4, 0.5) is 0 Å². The van der Waals surface area contributed by atoms with Gasteiger partial charge in [-0.2, -0.15) is 5.26 Å². The van der Waals surface area contributed by atoms with E-state index in [1.165, 1.54) is 0 Å². The van der Waals surface area contributed by atoms with Crippen molar-refractivity contribution in [2.75, 3.05) is 6.54 Å². The molecule has 1 atom stereocenters. The summed E-state index contributed by atoms with van der Waals surface area (Å²) >= 11 is 0. The second-order valence-electron chi connectivity index (χ2n) is 4.40. The zero-order valence-electron chi connectivity index (χ0n) is 8.27. The summed E-state index contributed by atoms with van der Waals surface area (Å²) in [5.41, 5.74) is -1.24. The lowest BCUT2D eigenvalue weighted by atomic mass is 9.95. The van der Waals surface area contributed by atoms with Gasteiger partial charge in [-0.15, -0.1) is 0 Å². The Morgan fingerprint density at radius 3 is 2.54 bits per heavy atom. The average Bonchev–Trinajstić information content (AvgIpc) is 2.30. The Labute approximate surface area is 78.3 Å². The Morgan fingerprint density at radius 1 is 1.62 bits per heavy atom. The van der Waals surface area contributed by atoms with Crippen molar-refractivity contribution >= 4 is 5.91 Å². The first kappa shape index (κ1) is 10.0. The fraction of sp³-hybridized carbons (Fsp3) is 0.778. The monoisotopic (exact) mass is 181 g/mol. The molecule has 2 N–H and O–H groups in total. The minimum Gasteiger partial charge on any atom is -0.353 e. The van der Waals surface area contributed by atoms with Crippen molar-refractivity contribution in [3.05, 3.63) is 0 Å². The maximum absolute atomic E-state index is 11.4. The lowest BCUT2D eigenvalue weighted by Crippen LogP contribution is -2.57. The van der Waals surface area contributed by atoms with E-state index >= 15 is 0 Å². The van der Waals surface area contributed by atoms with Gasteiger partial charge < -0.3 is 5.32 Å². The van der Waals surface area contributed by atoms with Gasteiger partial charge in [-0.25, -0.2) is 0 Å². The predicted molar refractivity (Wildman–Crippen MR) is 48.9 cm³/mol. The Morgan fingerprint density at radius 2 is 2.23 bits per heavy atom. The highest BCUT2D eigenvalue weighted by molar-refractivity contribution is 5.91. The highest BCUT2D eigenvalue weighted by atomic mass is 16.2. The van der Waals surface area contributed by atoms with E-state index in [4.69, 9.17) is 5.26 Å². The van der Waals surface area contributed by atoms with Crippen molar-refractivity contribution in [2.45, 2.75) is 38.3 Å². The first-order valence-electron chi connectivity index (χ1n) is 4.38. The number of rotatable bonds is 1. The molecular weight excluding hydrogens is 166 g/mol. The molecule has 0 aromatic heterocycles. The number of amides is 1. The van der Waals surface area contributed by atoms with Gasteiger partial charge in [-0.3, -0.25) is 10.1 Å². The van der Waals surface area contributed by atoms with Gasteiger partial charge in [0.25, 0.3) is 5.91 Å². The molecule has 0 aromatic carbocycles. The van der Waals surface area contributed by atoms with Crippen LogP contribution in [-0.4, -0.2) is 23.5 Å². The SMILES string of the molecule is CC(C)(C)NC1(C#N)CCNC1=O. The third kappa shape index (κ3) is 1.99. The molecule has 0 aromatic rings. The summed E-state index contributed by atoms with van der Waals surface area (Å²) in [6.07, 6.45) is 0.541. The van der Waals surface area contributed by atoms with Crippen molar-refractivity contribution < 1.29 is 4.79 Å². The van der Waals surface area contributed by atoms with Gasteiger partial charge in [0.05, 0.1) is 6.07 Å². The molecule has 1 heterocycles. The van der Waals surface area contributed by atoms with E-state index in [0.29, 0.717) is 13.0 Å². The zero-order chi connectivity index (χ0) is 10.1. The second kappa shape index (κ2) is 3.00. The predicted octanol–water partition coefficient (Wildman–Crippen LogP) is 0.157. The third-order valence-corrected chi connectivity index (χ3v) is 1.95. The van der Waals surface area contributed by atoms with Crippen LogP contribution in [0.1, 0.15) is 27.2 Å². The number of hydrogen-bond donors (Lipinski definition) is 2. The molecule has 72 valence electrons. The highest BCUT2D eigenvalue weighted by Crippen LogP contribution is 2.18. The van der Waals surface area contributed by atoms with Crippen LogP contribution in [0.3, 0.4) is 0 Å². The molecule has 1 unspecified atom stereocenters. The summed E-state index contributed by atoms with van der Waals surface area (Å²) in [5, 5.41) is 14.7. The summed E-state index contributed by atoms with van der Waals surface area (Å²) in [6, 6.07) is 2.06. The number of nitriles is 1. The van der Waals surface area contributed by atoms with Crippen LogP contribution in [-0.2, 0) is 4.79 Å². The zero-order valence-corrected chi connectivity index (χ0v) is 8.27. The van der Waals surface area contributed by atoms with Gasteiger partial charge >= 0.3 is 0 Å². The molecule has 0 bridgehead atoms. The molecule has 4 heteroatoms. The number of hydrogen-bond acceptors (Lipinski definition) is 3. The molecule has 1 saturated heterocycles. The normalized spacial score (nSPS) is 28.3. The smallest absolute Gasteiger partial charge is 0.255 e. The van der Waals surface area contributed by atoms with Crippen molar-refractivity contribution in [3.8, 4) is 6.07 Å². The van der Waals surface area contributed by atoms with Crippen molar-refractivity contribution in [2.24, 2.45) is 0 Å². The summed E-state index contributed by atoms with van der Waals surface area (Å²) in [7, 11) is 0. The first-order chi connectivity index (χ1) is 5.90. The third-order valence-electron chi connectivity index (χ3n) is 1.95. The lowest BCUT2D eigenvalue weighted by molar-refractivity contribution is -0.123. The molecule has 13 heavy (non-hydrogen) atoms. The Hall–Kier alpha value is -1.08. The standard InChI is InChI=1S/C9H15N3O/c1-8(2,3)12-9(6-10)4-5-11-7(9)13/h12H,4-5H2,1-3H3,(H,11,13). The van der Waals surface area contributed by atoms with E-state index in [0.717, 1.165) is 0 Å². The number of nitrogens with zero attached hydrogens (tertiary/aromatic N) is 1. The van der Waals surface area contributed by atoms with Crippen LogP contribution in [0.5, 0.6) is 0 Å². The molecule has 0 spiro atoms. The van der Waals surface area contributed by atoms with E-state index in [9.17, 15) is 4.79 Å². The topological polar surface area (TPSA) is 64.9 Å². The number of carbonyl (C=O) groups excluding carboxylic acids is 1. The van der Waals surface area contributed by atoms with Crippen LogP contribution in [0.25, 0.3) is 0 Å². The minimum atomic E-state index is -1.02. The molecular formula is C9H15N3O. The van der Waals surface area contributed by atoms with Gasteiger partial charge in [-0.05, 0) is 20.8 Å². The molecule has 0 saturated carbocycles. The fourth-order valence-corrected chi connectivity index (χ4v) is 1.52. The highest BCUT2D eigenvalue weighted by Gasteiger charge is 2.44. The summed E-state index contributed by atoms with van der Waals surface area (Å²) in [6.45, 7) is 6.41. The molecule has 1 aliphatic heterocycles. The van der Waals surface area contributed by atoms with Crippen molar-refractivity contribution in [1.29, 1.82) is 5.26 Å². The van der Waals surface area contributed by atoms with Crippen LogP contribution < -0.4 is 10.6 Å². The van der Waals surface area contributed by atoms with Crippen LogP contribution in [0, 0.1) is 11.3 Å². The Balaban J connectivity index is 2.84. The Kier molecular flexibility index (Phi) is 2.31. The van der Waals surface area contributed by atoms with Gasteiger partial charge in [0.1, 0.15) is 0 Å². The summed E-state index contributed by atoms with van der Waals surface area (Å²) < 4.78 is 0. The summed E-state index contributed by atoms with van der Waals surface area (Å²) in [4.78, 5) is 11.4. The molecule has 0 aliphatic carbocycles. The lowest BCUT2D eigenvalue weighted by Gasteiger charge is -2.29.